The predicted molar refractivity (Wildman–Crippen MR) is 109 cm³/mol. The molecule has 1 atom stereocenters. The van der Waals surface area contributed by atoms with Crippen LogP contribution in [0, 0.1) is 0 Å². The van der Waals surface area contributed by atoms with Crippen molar-refractivity contribution < 1.29 is 23.9 Å². The first-order valence-electron chi connectivity index (χ1n) is 9.73. The molecule has 0 saturated carbocycles. The number of urea groups is 1. The average molecular weight is 419 g/mol. The van der Waals surface area contributed by atoms with Crippen molar-refractivity contribution in [2.45, 2.75) is 39.3 Å². The third-order valence-electron chi connectivity index (χ3n) is 4.73. The number of carbonyl (C=O) groups excluding carboxylic acids is 4. The molecule has 30 heavy (non-hydrogen) atoms. The minimum atomic E-state index is -1.32. The number of methoxy groups -OCH3 is 1. The van der Waals surface area contributed by atoms with Crippen LogP contribution < -0.4 is 20.8 Å². The summed E-state index contributed by atoms with van der Waals surface area (Å²) in [7, 11) is 1.53. The zero-order valence-corrected chi connectivity index (χ0v) is 17.9. The summed E-state index contributed by atoms with van der Waals surface area (Å²) in [5, 5.41) is 6.04. The number of likely N-dealkylation sites (N-methyl/N-ethyl adjacent to an activating group) is 1. The summed E-state index contributed by atoms with van der Waals surface area (Å²) in [5.74, 6) is -0.768. The summed E-state index contributed by atoms with van der Waals surface area (Å²) < 4.78 is 5.11. The highest BCUT2D eigenvalue weighted by molar-refractivity contribution is 6.08. The number of ether oxygens (including phenoxy) is 1. The third-order valence-corrected chi connectivity index (χ3v) is 4.73. The molecule has 1 aliphatic rings. The molecule has 0 radical (unpaired) electrons. The lowest BCUT2D eigenvalue weighted by atomic mass is 9.92. The minimum Gasteiger partial charge on any atom is -0.497 e. The Labute approximate surface area is 175 Å². The molecule has 0 aromatic heterocycles. The van der Waals surface area contributed by atoms with Crippen LogP contribution in [0.5, 0.6) is 5.75 Å². The number of nitrogens with one attached hydrogen (secondary N) is 3. The van der Waals surface area contributed by atoms with E-state index in [0.29, 0.717) is 22.9 Å². The van der Waals surface area contributed by atoms with E-state index in [1.54, 1.807) is 36.1 Å². The Morgan fingerprint density at radius 2 is 1.77 bits per heavy atom. The fraction of sp³-hybridized carbons (Fsp3) is 0.500. The van der Waals surface area contributed by atoms with Gasteiger partial charge in [0.25, 0.3) is 11.8 Å². The van der Waals surface area contributed by atoms with Gasteiger partial charge < -0.3 is 15.4 Å². The molecule has 1 heterocycles. The van der Waals surface area contributed by atoms with E-state index in [1.807, 2.05) is 20.8 Å². The number of carbonyl (C=O) groups is 4. The van der Waals surface area contributed by atoms with Crippen LogP contribution in [0.3, 0.4) is 0 Å². The first-order valence-corrected chi connectivity index (χ1v) is 9.73. The van der Waals surface area contributed by atoms with E-state index in [-0.39, 0.29) is 25.0 Å². The molecule has 1 fully saturated rings. The third kappa shape index (κ3) is 5.26. The molecule has 0 spiro atoms. The number of hydrogen-bond acceptors (Lipinski definition) is 6. The van der Waals surface area contributed by atoms with Crippen LogP contribution in [0.15, 0.2) is 24.3 Å². The Hall–Kier alpha value is -3.14. The SMILES string of the molecule is CCN(CC(=O)NC(C)C)CC(=O)NN1C(=O)NC(C)(c2ccc(OC)cc2)C1=O. The fourth-order valence-electron chi connectivity index (χ4n) is 3.07. The smallest absolute Gasteiger partial charge is 0.344 e. The average Bonchev–Trinajstić information content (AvgIpc) is 2.90. The van der Waals surface area contributed by atoms with Gasteiger partial charge in [-0.3, -0.25) is 24.7 Å². The van der Waals surface area contributed by atoms with Crippen molar-refractivity contribution in [2.75, 3.05) is 26.7 Å². The van der Waals surface area contributed by atoms with Gasteiger partial charge in [-0.25, -0.2) is 4.79 Å². The van der Waals surface area contributed by atoms with Crippen LogP contribution in [0.25, 0.3) is 0 Å². The Kier molecular flexibility index (Phi) is 7.38. The summed E-state index contributed by atoms with van der Waals surface area (Å²) >= 11 is 0. The van der Waals surface area contributed by atoms with Gasteiger partial charge in [0.2, 0.25) is 5.91 Å². The second-order valence-electron chi connectivity index (χ2n) is 7.48. The molecule has 0 bridgehead atoms. The highest BCUT2D eigenvalue weighted by Crippen LogP contribution is 2.29. The van der Waals surface area contributed by atoms with Crippen molar-refractivity contribution >= 4 is 23.8 Å². The highest BCUT2D eigenvalue weighted by Gasteiger charge is 2.50. The number of hydrogen-bond donors (Lipinski definition) is 3. The van der Waals surface area contributed by atoms with Crippen LogP contribution in [0.4, 0.5) is 4.79 Å². The lowest BCUT2D eigenvalue weighted by molar-refractivity contribution is -0.139. The van der Waals surface area contributed by atoms with E-state index < -0.39 is 23.4 Å². The topological polar surface area (TPSA) is 120 Å². The Morgan fingerprint density at radius 3 is 2.30 bits per heavy atom. The van der Waals surface area contributed by atoms with E-state index in [9.17, 15) is 19.2 Å². The maximum Gasteiger partial charge on any atom is 0.344 e. The summed E-state index contributed by atoms with van der Waals surface area (Å²) in [4.78, 5) is 51.2. The van der Waals surface area contributed by atoms with E-state index in [2.05, 4.69) is 16.1 Å². The van der Waals surface area contributed by atoms with Crippen LogP contribution in [0.2, 0.25) is 0 Å². The van der Waals surface area contributed by atoms with Crippen molar-refractivity contribution in [3.05, 3.63) is 29.8 Å². The Bertz CT molecular complexity index is 810. The molecular weight excluding hydrogens is 390 g/mol. The lowest BCUT2D eigenvalue weighted by Gasteiger charge is -2.23. The van der Waals surface area contributed by atoms with Crippen molar-refractivity contribution in [3.8, 4) is 5.75 Å². The van der Waals surface area contributed by atoms with E-state index in [1.165, 1.54) is 7.11 Å². The van der Waals surface area contributed by atoms with E-state index in [4.69, 9.17) is 4.74 Å². The summed E-state index contributed by atoms with van der Waals surface area (Å²) in [6, 6.07) is 5.98. The standard InChI is InChI=1S/C20H29N5O5/c1-6-24(11-16(26)21-13(2)3)12-17(27)23-25-18(28)20(4,22-19(25)29)14-7-9-15(30-5)10-8-14/h7-10,13H,6,11-12H2,1-5H3,(H,21,26)(H,22,29)(H,23,27). The number of benzene rings is 1. The number of rotatable bonds is 9. The number of hydrazine groups is 1. The highest BCUT2D eigenvalue weighted by atomic mass is 16.5. The van der Waals surface area contributed by atoms with Gasteiger partial charge in [0.1, 0.15) is 11.3 Å². The molecule has 5 amide bonds. The van der Waals surface area contributed by atoms with Crippen molar-refractivity contribution in [3.63, 3.8) is 0 Å². The molecule has 1 aromatic rings. The largest absolute Gasteiger partial charge is 0.497 e. The first-order chi connectivity index (χ1) is 14.1. The van der Waals surface area contributed by atoms with Crippen LogP contribution in [-0.2, 0) is 19.9 Å². The second kappa shape index (κ2) is 9.57. The first kappa shape index (κ1) is 23.1. The molecule has 10 nitrogen and oxygen atoms in total. The van der Waals surface area contributed by atoms with Crippen molar-refractivity contribution in [1.82, 2.24) is 26.0 Å². The summed E-state index contributed by atoms with van der Waals surface area (Å²) in [5.41, 5.74) is 1.57. The predicted octanol–water partition coefficient (Wildman–Crippen LogP) is 0.340. The van der Waals surface area contributed by atoms with Gasteiger partial charge in [-0.1, -0.05) is 19.1 Å². The molecule has 0 aliphatic carbocycles. The molecule has 10 heteroatoms. The van der Waals surface area contributed by atoms with Crippen molar-refractivity contribution in [1.29, 1.82) is 0 Å². The monoisotopic (exact) mass is 419 g/mol. The zero-order chi connectivity index (χ0) is 22.5. The lowest BCUT2D eigenvalue weighted by Crippen LogP contribution is -2.51. The van der Waals surface area contributed by atoms with Crippen molar-refractivity contribution in [2.24, 2.45) is 0 Å². The van der Waals surface area contributed by atoms with Gasteiger partial charge in [0.15, 0.2) is 0 Å². The van der Waals surface area contributed by atoms with Gasteiger partial charge in [-0.05, 0) is 45.0 Å². The molecular formula is C20H29N5O5. The number of imide groups is 1. The molecule has 164 valence electrons. The zero-order valence-electron chi connectivity index (χ0n) is 17.9. The summed E-state index contributed by atoms with van der Waals surface area (Å²) in [6.45, 7) is 7.41. The van der Waals surface area contributed by atoms with Gasteiger partial charge >= 0.3 is 6.03 Å². The second-order valence-corrected chi connectivity index (χ2v) is 7.48. The maximum atomic E-state index is 12.9. The van der Waals surface area contributed by atoms with Gasteiger partial charge in [-0.15, -0.1) is 0 Å². The van der Waals surface area contributed by atoms with Gasteiger partial charge in [0, 0.05) is 6.04 Å². The maximum absolute atomic E-state index is 12.9. The molecule has 1 unspecified atom stereocenters. The van der Waals surface area contributed by atoms with Crippen LogP contribution in [0.1, 0.15) is 33.3 Å². The molecule has 1 saturated heterocycles. The molecule has 3 N–H and O–H groups in total. The molecule has 2 rings (SSSR count). The van der Waals surface area contributed by atoms with Crippen LogP contribution >= 0.6 is 0 Å². The van der Waals surface area contributed by atoms with E-state index >= 15 is 0 Å². The molecule has 1 aliphatic heterocycles. The Morgan fingerprint density at radius 1 is 1.17 bits per heavy atom. The quantitative estimate of drug-likeness (QED) is 0.497. The normalized spacial score (nSPS) is 18.6. The van der Waals surface area contributed by atoms with Gasteiger partial charge in [0.05, 0.1) is 20.2 Å². The fourth-order valence-corrected chi connectivity index (χ4v) is 3.07. The van der Waals surface area contributed by atoms with E-state index in [0.717, 1.165) is 0 Å². The Balaban J connectivity index is 2.03. The van der Waals surface area contributed by atoms with Crippen LogP contribution in [-0.4, -0.2) is 66.4 Å². The number of amides is 5. The molecule has 1 aromatic carbocycles. The minimum absolute atomic E-state index is 0.00779. The summed E-state index contributed by atoms with van der Waals surface area (Å²) in [6.07, 6.45) is 0. The number of nitrogens with zero attached hydrogens (tertiary/aromatic N) is 2. The van der Waals surface area contributed by atoms with Gasteiger partial charge in [-0.2, -0.15) is 5.01 Å².